The lowest BCUT2D eigenvalue weighted by Gasteiger charge is -2.32. The highest BCUT2D eigenvalue weighted by atomic mass is 19.1. The van der Waals surface area contributed by atoms with Gasteiger partial charge in [0.2, 0.25) is 0 Å². The van der Waals surface area contributed by atoms with Crippen molar-refractivity contribution in [3.8, 4) is 5.75 Å². The van der Waals surface area contributed by atoms with Crippen LogP contribution in [-0.4, -0.2) is 35.5 Å². The van der Waals surface area contributed by atoms with Gasteiger partial charge in [-0.05, 0) is 49.4 Å². The van der Waals surface area contributed by atoms with Gasteiger partial charge in [0.05, 0.1) is 6.61 Å². The van der Waals surface area contributed by atoms with E-state index in [1.165, 1.54) is 6.07 Å². The van der Waals surface area contributed by atoms with E-state index in [1.807, 2.05) is 4.90 Å². The number of halogens is 1. The van der Waals surface area contributed by atoms with Gasteiger partial charge in [-0.1, -0.05) is 12.1 Å². The zero-order valence-corrected chi connectivity index (χ0v) is 13.5. The average Bonchev–Trinajstić information content (AvgIpc) is 2.64. The van der Waals surface area contributed by atoms with Crippen LogP contribution in [0, 0.1) is 11.7 Å². The number of ether oxygens (including phenoxy) is 1. The Morgan fingerprint density at radius 2 is 1.88 bits per heavy atom. The number of hydrogen-bond donors (Lipinski definition) is 0. The van der Waals surface area contributed by atoms with Crippen LogP contribution in [-0.2, 0) is 0 Å². The number of pyridine rings is 1. The van der Waals surface area contributed by atoms with Crippen LogP contribution >= 0.6 is 0 Å². The molecule has 1 aliphatic heterocycles. The number of likely N-dealkylation sites (tertiary alicyclic amines) is 1. The molecule has 3 rings (SSSR count). The molecular weight excluding hydrogens is 307 g/mol. The molecule has 2 aromatic rings. The van der Waals surface area contributed by atoms with E-state index >= 15 is 0 Å². The number of piperidine rings is 1. The van der Waals surface area contributed by atoms with Crippen LogP contribution in [0.5, 0.6) is 5.75 Å². The quantitative estimate of drug-likeness (QED) is 0.843. The number of amides is 1. The molecule has 1 aromatic carbocycles. The standard InChI is InChI=1S/C19H21FN2O2/c20-17-3-1-2-4-18(17)24-14-9-15-7-12-22(13-8-15)19(23)16-5-10-21-11-6-16/h1-6,10-11,15H,7-9,12-14H2. The predicted molar refractivity (Wildman–Crippen MR) is 89.4 cm³/mol. The first kappa shape index (κ1) is 16.4. The normalized spacial score (nSPS) is 15.3. The Hall–Kier alpha value is -2.43. The van der Waals surface area contributed by atoms with E-state index in [9.17, 15) is 9.18 Å². The molecule has 1 aliphatic rings. The van der Waals surface area contributed by atoms with E-state index in [1.54, 1.807) is 42.7 Å². The number of rotatable bonds is 5. The first-order valence-electron chi connectivity index (χ1n) is 8.30. The fraction of sp³-hybridized carbons (Fsp3) is 0.368. The molecule has 4 nitrogen and oxygen atoms in total. The smallest absolute Gasteiger partial charge is 0.253 e. The van der Waals surface area contributed by atoms with Gasteiger partial charge in [0, 0.05) is 31.0 Å². The van der Waals surface area contributed by atoms with Gasteiger partial charge in [0.1, 0.15) is 0 Å². The zero-order chi connectivity index (χ0) is 16.8. The lowest BCUT2D eigenvalue weighted by atomic mass is 9.93. The van der Waals surface area contributed by atoms with E-state index in [2.05, 4.69) is 4.98 Å². The highest BCUT2D eigenvalue weighted by Gasteiger charge is 2.23. The van der Waals surface area contributed by atoms with Crippen LogP contribution < -0.4 is 4.74 Å². The molecule has 2 heterocycles. The maximum atomic E-state index is 13.5. The molecule has 0 unspecified atom stereocenters. The number of benzene rings is 1. The summed E-state index contributed by atoms with van der Waals surface area (Å²) < 4.78 is 19.0. The summed E-state index contributed by atoms with van der Waals surface area (Å²) in [5, 5.41) is 0. The fourth-order valence-corrected chi connectivity index (χ4v) is 3.00. The lowest BCUT2D eigenvalue weighted by molar-refractivity contribution is 0.0679. The molecule has 126 valence electrons. The van der Waals surface area contributed by atoms with Crippen LogP contribution in [0.4, 0.5) is 4.39 Å². The van der Waals surface area contributed by atoms with Crippen molar-refractivity contribution in [2.24, 2.45) is 5.92 Å². The minimum absolute atomic E-state index is 0.0680. The molecule has 0 saturated carbocycles. The van der Waals surface area contributed by atoms with E-state index in [-0.39, 0.29) is 11.7 Å². The Morgan fingerprint density at radius 3 is 2.58 bits per heavy atom. The Balaban J connectivity index is 1.42. The number of para-hydroxylation sites is 1. The summed E-state index contributed by atoms with van der Waals surface area (Å²) in [7, 11) is 0. The second-order valence-electron chi connectivity index (χ2n) is 6.04. The number of aromatic nitrogens is 1. The molecule has 0 bridgehead atoms. The van der Waals surface area contributed by atoms with Crippen molar-refractivity contribution < 1.29 is 13.9 Å². The van der Waals surface area contributed by atoms with Gasteiger partial charge < -0.3 is 9.64 Å². The van der Waals surface area contributed by atoms with Crippen LogP contribution in [0.3, 0.4) is 0 Å². The Labute approximate surface area is 141 Å². The molecule has 0 radical (unpaired) electrons. The van der Waals surface area contributed by atoms with Crippen molar-refractivity contribution in [3.05, 3.63) is 60.2 Å². The monoisotopic (exact) mass is 328 g/mol. The first-order chi connectivity index (χ1) is 11.7. The maximum absolute atomic E-state index is 13.5. The molecule has 0 atom stereocenters. The van der Waals surface area contributed by atoms with E-state index in [0.29, 0.717) is 23.8 Å². The first-order valence-corrected chi connectivity index (χ1v) is 8.30. The second-order valence-corrected chi connectivity index (χ2v) is 6.04. The Morgan fingerprint density at radius 1 is 1.17 bits per heavy atom. The Kier molecular flexibility index (Phi) is 5.41. The SMILES string of the molecule is O=C(c1ccncc1)N1CCC(CCOc2ccccc2F)CC1. The minimum atomic E-state index is -0.324. The van der Waals surface area contributed by atoms with Gasteiger partial charge >= 0.3 is 0 Å². The van der Waals surface area contributed by atoms with E-state index in [0.717, 1.165) is 32.4 Å². The summed E-state index contributed by atoms with van der Waals surface area (Å²) in [6, 6.07) is 9.95. The third-order valence-electron chi connectivity index (χ3n) is 4.45. The van der Waals surface area contributed by atoms with Crippen LogP contribution in [0.1, 0.15) is 29.6 Å². The molecule has 1 aromatic heterocycles. The zero-order valence-electron chi connectivity index (χ0n) is 13.5. The third kappa shape index (κ3) is 4.10. The highest BCUT2D eigenvalue weighted by Crippen LogP contribution is 2.23. The molecule has 5 heteroatoms. The summed E-state index contributed by atoms with van der Waals surface area (Å²) in [6.45, 7) is 2.01. The van der Waals surface area contributed by atoms with Crippen molar-refractivity contribution in [1.29, 1.82) is 0 Å². The molecule has 1 amide bonds. The van der Waals surface area contributed by atoms with Crippen LogP contribution in [0.2, 0.25) is 0 Å². The van der Waals surface area contributed by atoms with E-state index in [4.69, 9.17) is 4.74 Å². The summed E-state index contributed by atoms with van der Waals surface area (Å²) in [6.07, 6.45) is 6.07. The molecule has 24 heavy (non-hydrogen) atoms. The van der Waals surface area contributed by atoms with Crippen molar-refractivity contribution in [2.45, 2.75) is 19.3 Å². The van der Waals surface area contributed by atoms with Crippen molar-refractivity contribution in [1.82, 2.24) is 9.88 Å². The van der Waals surface area contributed by atoms with Crippen LogP contribution in [0.15, 0.2) is 48.8 Å². The second kappa shape index (κ2) is 7.90. The topological polar surface area (TPSA) is 42.4 Å². The number of nitrogens with zero attached hydrogens (tertiary/aromatic N) is 2. The number of carbonyl (C=O) groups excluding carboxylic acids is 1. The lowest BCUT2D eigenvalue weighted by Crippen LogP contribution is -2.38. The van der Waals surface area contributed by atoms with Gasteiger partial charge in [-0.15, -0.1) is 0 Å². The molecule has 0 spiro atoms. The largest absolute Gasteiger partial charge is 0.491 e. The highest BCUT2D eigenvalue weighted by molar-refractivity contribution is 5.94. The summed E-state index contributed by atoms with van der Waals surface area (Å²) >= 11 is 0. The summed E-state index contributed by atoms with van der Waals surface area (Å²) in [5.74, 6) is 0.565. The van der Waals surface area contributed by atoms with Gasteiger partial charge in [0.25, 0.3) is 5.91 Å². The minimum Gasteiger partial charge on any atom is -0.491 e. The molecule has 0 N–H and O–H groups in total. The van der Waals surface area contributed by atoms with Gasteiger partial charge in [-0.2, -0.15) is 0 Å². The van der Waals surface area contributed by atoms with Gasteiger partial charge in [0.15, 0.2) is 11.6 Å². The Bertz CT molecular complexity index is 670. The van der Waals surface area contributed by atoms with Crippen molar-refractivity contribution in [2.75, 3.05) is 19.7 Å². The van der Waals surface area contributed by atoms with Gasteiger partial charge in [-0.25, -0.2) is 4.39 Å². The molecule has 1 saturated heterocycles. The average molecular weight is 328 g/mol. The predicted octanol–water partition coefficient (Wildman–Crippen LogP) is 3.54. The summed E-state index contributed by atoms with van der Waals surface area (Å²) in [4.78, 5) is 18.2. The molecular formula is C19H21FN2O2. The summed E-state index contributed by atoms with van der Waals surface area (Å²) in [5.41, 5.74) is 0.686. The molecule has 1 fully saturated rings. The van der Waals surface area contributed by atoms with E-state index < -0.39 is 0 Å². The van der Waals surface area contributed by atoms with Crippen molar-refractivity contribution in [3.63, 3.8) is 0 Å². The molecule has 0 aliphatic carbocycles. The van der Waals surface area contributed by atoms with Gasteiger partial charge in [-0.3, -0.25) is 9.78 Å². The maximum Gasteiger partial charge on any atom is 0.253 e. The number of carbonyl (C=O) groups is 1. The third-order valence-corrected chi connectivity index (χ3v) is 4.45. The number of hydrogen-bond acceptors (Lipinski definition) is 3. The fourth-order valence-electron chi connectivity index (χ4n) is 3.00. The van der Waals surface area contributed by atoms with Crippen LogP contribution in [0.25, 0.3) is 0 Å². The van der Waals surface area contributed by atoms with Crippen molar-refractivity contribution >= 4 is 5.91 Å².